The number of rotatable bonds is 4. The third-order valence-electron chi connectivity index (χ3n) is 2.90. The van der Waals surface area contributed by atoms with E-state index in [0.717, 1.165) is 26.6 Å². The minimum Gasteiger partial charge on any atom is -0.431 e. The Bertz CT molecular complexity index is 709. The van der Waals surface area contributed by atoms with E-state index < -0.39 is 0 Å². The van der Waals surface area contributed by atoms with Gasteiger partial charge in [-0.05, 0) is 48.6 Å². The van der Waals surface area contributed by atoms with E-state index in [4.69, 9.17) is 16.0 Å². The summed E-state index contributed by atoms with van der Waals surface area (Å²) in [6.45, 7) is 0.711. The van der Waals surface area contributed by atoms with Crippen molar-refractivity contribution >= 4 is 34.5 Å². The molecule has 5 heteroatoms. The average molecular weight is 305 g/mol. The standard InChI is InChI=1S/C15H13ClN2OS/c1-17-9-10-11(16)5-4-8-14(10)20-15-18-12-6-2-3-7-13(12)19-15/h2-8,17H,9H2,1H3. The highest BCUT2D eigenvalue weighted by Gasteiger charge is 2.12. The molecule has 0 radical (unpaired) electrons. The van der Waals surface area contributed by atoms with Gasteiger partial charge in [-0.25, -0.2) is 4.98 Å². The number of fused-ring (bicyclic) bond motifs is 1. The Morgan fingerprint density at radius 3 is 2.85 bits per heavy atom. The van der Waals surface area contributed by atoms with Crippen LogP contribution in [0.1, 0.15) is 5.56 Å². The summed E-state index contributed by atoms with van der Waals surface area (Å²) < 4.78 is 5.73. The molecule has 0 unspecified atom stereocenters. The number of aromatic nitrogens is 1. The molecule has 3 aromatic rings. The van der Waals surface area contributed by atoms with Crippen LogP contribution in [0, 0.1) is 0 Å². The number of nitrogens with one attached hydrogen (secondary N) is 1. The van der Waals surface area contributed by atoms with Crippen molar-refractivity contribution in [3.63, 3.8) is 0 Å². The van der Waals surface area contributed by atoms with Gasteiger partial charge < -0.3 is 9.73 Å². The maximum Gasteiger partial charge on any atom is 0.261 e. The molecule has 3 nitrogen and oxygen atoms in total. The summed E-state index contributed by atoms with van der Waals surface area (Å²) in [4.78, 5) is 5.53. The van der Waals surface area contributed by atoms with Gasteiger partial charge >= 0.3 is 0 Å². The Labute approximate surface area is 126 Å². The Balaban J connectivity index is 1.96. The van der Waals surface area contributed by atoms with Crippen LogP contribution in [-0.4, -0.2) is 12.0 Å². The fourth-order valence-electron chi connectivity index (χ4n) is 1.97. The first-order valence-electron chi connectivity index (χ1n) is 6.23. The summed E-state index contributed by atoms with van der Waals surface area (Å²) in [6, 6.07) is 13.6. The van der Waals surface area contributed by atoms with Gasteiger partial charge in [-0.1, -0.05) is 29.8 Å². The van der Waals surface area contributed by atoms with Gasteiger partial charge in [-0.15, -0.1) is 0 Å². The summed E-state index contributed by atoms with van der Waals surface area (Å²) in [5.41, 5.74) is 2.73. The molecule has 0 spiro atoms. The van der Waals surface area contributed by atoms with E-state index in [1.165, 1.54) is 11.8 Å². The summed E-state index contributed by atoms with van der Waals surface area (Å²) in [5, 5.41) is 4.51. The summed E-state index contributed by atoms with van der Waals surface area (Å²) in [6.07, 6.45) is 0. The number of nitrogens with zero attached hydrogens (tertiary/aromatic N) is 1. The number of para-hydroxylation sites is 2. The van der Waals surface area contributed by atoms with Gasteiger partial charge in [0, 0.05) is 16.5 Å². The van der Waals surface area contributed by atoms with Crippen LogP contribution in [-0.2, 0) is 6.54 Å². The predicted octanol–water partition coefficient (Wildman–Crippen LogP) is 4.35. The third-order valence-corrected chi connectivity index (χ3v) is 4.21. The zero-order valence-electron chi connectivity index (χ0n) is 10.9. The maximum absolute atomic E-state index is 6.25. The van der Waals surface area contributed by atoms with E-state index in [2.05, 4.69) is 10.3 Å². The van der Waals surface area contributed by atoms with Gasteiger partial charge in [-0.2, -0.15) is 0 Å². The SMILES string of the molecule is CNCc1c(Cl)cccc1Sc1nc2ccccc2o1. The highest BCUT2D eigenvalue weighted by molar-refractivity contribution is 7.99. The normalized spacial score (nSPS) is 11.1. The lowest BCUT2D eigenvalue weighted by Crippen LogP contribution is -2.06. The van der Waals surface area contributed by atoms with Gasteiger partial charge in [0.2, 0.25) is 0 Å². The molecule has 0 fully saturated rings. The van der Waals surface area contributed by atoms with Crippen LogP contribution in [0.25, 0.3) is 11.1 Å². The quantitative estimate of drug-likeness (QED) is 0.777. The molecule has 0 saturated heterocycles. The van der Waals surface area contributed by atoms with E-state index in [-0.39, 0.29) is 0 Å². The zero-order valence-corrected chi connectivity index (χ0v) is 12.5. The molecule has 0 bridgehead atoms. The predicted molar refractivity (Wildman–Crippen MR) is 82.3 cm³/mol. The lowest BCUT2D eigenvalue weighted by molar-refractivity contribution is 0.489. The van der Waals surface area contributed by atoms with Crippen LogP contribution < -0.4 is 5.32 Å². The lowest BCUT2D eigenvalue weighted by atomic mass is 10.2. The topological polar surface area (TPSA) is 38.1 Å². The molecule has 0 atom stereocenters. The fraction of sp³-hybridized carbons (Fsp3) is 0.133. The molecule has 20 heavy (non-hydrogen) atoms. The second-order valence-electron chi connectivity index (χ2n) is 4.30. The van der Waals surface area contributed by atoms with Crippen LogP contribution in [0.15, 0.2) is 57.0 Å². The minimum atomic E-state index is 0.630. The Hall–Kier alpha value is -1.49. The number of hydrogen-bond donors (Lipinski definition) is 1. The van der Waals surface area contributed by atoms with Crippen molar-refractivity contribution in [2.24, 2.45) is 0 Å². The van der Waals surface area contributed by atoms with Crippen LogP contribution in [0.5, 0.6) is 0 Å². The van der Waals surface area contributed by atoms with Gasteiger partial charge in [0.05, 0.1) is 0 Å². The van der Waals surface area contributed by atoms with Crippen LogP contribution in [0.4, 0.5) is 0 Å². The Morgan fingerprint density at radius 2 is 2.05 bits per heavy atom. The summed E-state index contributed by atoms with van der Waals surface area (Å²) in [5.74, 6) is 0. The Morgan fingerprint density at radius 1 is 1.20 bits per heavy atom. The highest BCUT2D eigenvalue weighted by Crippen LogP contribution is 2.34. The van der Waals surface area contributed by atoms with Gasteiger partial charge in [0.15, 0.2) is 5.58 Å². The molecule has 0 amide bonds. The minimum absolute atomic E-state index is 0.630. The maximum atomic E-state index is 6.25. The number of oxazole rings is 1. The largest absolute Gasteiger partial charge is 0.431 e. The molecule has 0 aliphatic rings. The van der Waals surface area contributed by atoms with E-state index in [0.29, 0.717) is 11.8 Å². The summed E-state index contributed by atoms with van der Waals surface area (Å²) in [7, 11) is 1.90. The van der Waals surface area contributed by atoms with Gasteiger partial charge in [0.1, 0.15) is 5.52 Å². The first-order valence-corrected chi connectivity index (χ1v) is 7.43. The van der Waals surface area contributed by atoms with E-state index in [1.54, 1.807) is 0 Å². The van der Waals surface area contributed by atoms with Crippen molar-refractivity contribution in [3.8, 4) is 0 Å². The molecule has 1 heterocycles. The van der Waals surface area contributed by atoms with Gasteiger partial charge in [0.25, 0.3) is 5.22 Å². The van der Waals surface area contributed by atoms with Crippen molar-refractivity contribution < 1.29 is 4.42 Å². The second kappa shape index (κ2) is 5.87. The first-order chi connectivity index (χ1) is 9.78. The first kappa shape index (κ1) is 13.5. The molecule has 102 valence electrons. The average Bonchev–Trinajstić information content (AvgIpc) is 2.85. The van der Waals surface area contributed by atoms with Crippen LogP contribution in [0.3, 0.4) is 0 Å². The third kappa shape index (κ3) is 2.68. The zero-order chi connectivity index (χ0) is 13.9. The fourth-order valence-corrected chi connectivity index (χ4v) is 3.18. The Kier molecular flexibility index (Phi) is 3.96. The van der Waals surface area contributed by atoms with Gasteiger partial charge in [-0.3, -0.25) is 0 Å². The monoisotopic (exact) mass is 304 g/mol. The molecule has 1 aromatic heterocycles. The molecule has 2 aromatic carbocycles. The van der Waals surface area contributed by atoms with Crippen molar-refractivity contribution in [2.45, 2.75) is 16.7 Å². The smallest absolute Gasteiger partial charge is 0.261 e. The van der Waals surface area contributed by atoms with E-state index >= 15 is 0 Å². The number of halogens is 1. The van der Waals surface area contributed by atoms with Crippen LogP contribution in [0.2, 0.25) is 5.02 Å². The van der Waals surface area contributed by atoms with Crippen LogP contribution >= 0.6 is 23.4 Å². The molecule has 0 aliphatic carbocycles. The summed E-state index contributed by atoms with van der Waals surface area (Å²) >= 11 is 7.74. The van der Waals surface area contributed by atoms with Crippen molar-refractivity contribution in [1.82, 2.24) is 10.3 Å². The van der Waals surface area contributed by atoms with E-state index in [9.17, 15) is 0 Å². The van der Waals surface area contributed by atoms with Crippen molar-refractivity contribution in [2.75, 3.05) is 7.05 Å². The molecule has 1 N–H and O–H groups in total. The molecular formula is C15H13ClN2OS. The van der Waals surface area contributed by atoms with E-state index in [1.807, 2.05) is 49.5 Å². The lowest BCUT2D eigenvalue weighted by Gasteiger charge is -2.08. The molecule has 0 saturated carbocycles. The highest BCUT2D eigenvalue weighted by atomic mass is 35.5. The van der Waals surface area contributed by atoms with Crippen molar-refractivity contribution in [1.29, 1.82) is 0 Å². The second-order valence-corrected chi connectivity index (χ2v) is 5.70. The number of benzene rings is 2. The molecule has 0 aliphatic heterocycles. The molecular weight excluding hydrogens is 292 g/mol. The van der Waals surface area contributed by atoms with Crippen molar-refractivity contribution in [3.05, 3.63) is 53.1 Å². The molecule has 3 rings (SSSR count). The number of hydrogen-bond acceptors (Lipinski definition) is 4.